The van der Waals surface area contributed by atoms with Crippen LogP contribution in [-0.2, 0) is 4.79 Å². The van der Waals surface area contributed by atoms with Gasteiger partial charge in [0.25, 0.3) is 0 Å². The summed E-state index contributed by atoms with van der Waals surface area (Å²) < 4.78 is 0. The minimum absolute atomic E-state index is 0.202. The van der Waals surface area contributed by atoms with Crippen molar-refractivity contribution in [3.05, 3.63) is 52.2 Å². The number of nitrogens with one attached hydrogen (secondary N) is 2. The van der Waals surface area contributed by atoms with Crippen LogP contribution < -0.4 is 5.32 Å². The van der Waals surface area contributed by atoms with Crippen LogP contribution in [0.5, 0.6) is 0 Å². The van der Waals surface area contributed by atoms with Gasteiger partial charge in [0.05, 0.1) is 0 Å². The van der Waals surface area contributed by atoms with Crippen LogP contribution in [0.15, 0.2) is 30.3 Å². The van der Waals surface area contributed by atoms with Gasteiger partial charge in [-0.1, -0.05) is 23.7 Å². The lowest BCUT2D eigenvalue weighted by Crippen LogP contribution is -2.09. The molecule has 1 fully saturated rings. The molecule has 4 nitrogen and oxygen atoms in total. The van der Waals surface area contributed by atoms with Crippen molar-refractivity contribution in [3.8, 4) is 0 Å². The molecule has 0 radical (unpaired) electrons. The van der Waals surface area contributed by atoms with Crippen LogP contribution in [0.4, 0.5) is 5.82 Å². The molecule has 5 heteroatoms. The number of carbonyl (C=O) groups excluding carboxylic acids is 1. The standard InChI is InChI=1S/C16H16ClN3O/c1-10-15(12-6-7-12)19-20-16(10)18-14(21)8-5-11-3-2-4-13(17)9-11/h2-5,8-9,12H,6-7H2,1H3,(H2,18,19,20,21)/b8-5+. The van der Waals surface area contributed by atoms with Gasteiger partial charge in [0.1, 0.15) is 0 Å². The first-order valence-electron chi connectivity index (χ1n) is 6.93. The minimum Gasteiger partial charge on any atom is -0.305 e. The molecule has 2 N–H and O–H groups in total. The van der Waals surface area contributed by atoms with Gasteiger partial charge in [0.2, 0.25) is 5.91 Å². The highest BCUT2D eigenvalue weighted by molar-refractivity contribution is 6.30. The van der Waals surface area contributed by atoms with E-state index >= 15 is 0 Å². The molecule has 0 unspecified atom stereocenters. The number of amides is 1. The summed E-state index contributed by atoms with van der Waals surface area (Å²) in [5.41, 5.74) is 3.06. The summed E-state index contributed by atoms with van der Waals surface area (Å²) in [6, 6.07) is 7.34. The molecule has 0 saturated heterocycles. The smallest absolute Gasteiger partial charge is 0.249 e. The van der Waals surface area contributed by atoms with E-state index in [-0.39, 0.29) is 5.91 Å². The fraction of sp³-hybridized carbons (Fsp3) is 0.250. The largest absolute Gasteiger partial charge is 0.305 e. The average Bonchev–Trinajstić information content (AvgIpc) is 3.23. The van der Waals surface area contributed by atoms with Gasteiger partial charge in [0, 0.05) is 28.3 Å². The number of aromatic amines is 1. The van der Waals surface area contributed by atoms with Crippen molar-refractivity contribution in [2.24, 2.45) is 0 Å². The second-order valence-electron chi connectivity index (χ2n) is 5.26. The molecule has 3 rings (SSSR count). The Bertz CT molecular complexity index is 701. The normalized spacial score (nSPS) is 14.6. The highest BCUT2D eigenvalue weighted by Gasteiger charge is 2.28. The van der Waals surface area contributed by atoms with Crippen molar-refractivity contribution in [1.29, 1.82) is 0 Å². The van der Waals surface area contributed by atoms with Gasteiger partial charge in [-0.2, -0.15) is 5.10 Å². The molecule has 1 aliphatic carbocycles. The molecule has 0 atom stereocenters. The monoisotopic (exact) mass is 301 g/mol. The van der Waals surface area contributed by atoms with E-state index in [9.17, 15) is 4.79 Å². The molecule has 1 aromatic heterocycles. The number of H-pyrrole nitrogens is 1. The third-order valence-electron chi connectivity index (χ3n) is 3.55. The minimum atomic E-state index is -0.202. The van der Waals surface area contributed by atoms with Gasteiger partial charge in [-0.05, 0) is 43.5 Å². The number of hydrogen-bond donors (Lipinski definition) is 2. The second-order valence-corrected chi connectivity index (χ2v) is 5.70. The Morgan fingerprint density at radius 2 is 2.29 bits per heavy atom. The molecule has 1 saturated carbocycles. The van der Waals surface area contributed by atoms with E-state index in [1.54, 1.807) is 18.2 Å². The Morgan fingerprint density at radius 1 is 1.48 bits per heavy atom. The van der Waals surface area contributed by atoms with E-state index in [1.807, 2.05) is 19.1 Å². The van der Waals surface area contributed by atoms with Crippen molar-refractivity contribution in [2.45, 2.75) is 25.7 Å². The number of anilines is 1. The molecule has 0 aliphatic heterocycles. The summed E-state index contributed by atoms with van der Waals surface area (Å²) in [6.45, 7) is 1.98. The Kier molecular flexibility index (Phi) is 3.80. The van der Waals surface area contributed by atoms with Gasteiger partial charge in [-0.25, -0.2) is 0 Å². The molecule has 108 valence electrons. The lowest BCUT2D eigenvalue weighted by atomic mass is 10.2. The molecular formula is C16H16ClN3O. The van der Waals surface area contributed by atoms with Gasteiger partial charge in [0.15, 0.2) is 5.82 Å². The second kappa shape index (κ2) is 5.74. The number of nitrogens with zero attached hydrogens (tertiary/aromatic N) is 1. The lowest BCUT2D eigenvalue weighted by Gasteiger charge is -2.00. The first-order valence-corrected chi connectivity index (χ1v) is 7.31. The molecule has 1 heterocycles. The predicted octanol–water partition coefficient (Wildman–Crippen LogP) is 3.90. The van der Waals surface area contributed by atoms with E-state index < -0.39 is 0 Å². The third kappa shape index (κ3) is 3.34. The summed E-state index contributed by atoms with van der Waals surface area (Å²) in [4.78, 5) is 11.9. The summed E-state index contributed by atoms with van der Waals surface area (Å²) >= 11 is 5.90. The first-order chi connectivity index (χ1) is 10.1. The maximum absolute atomic E-state index is 11.9. The van der Waals surface area contributed by atoms with Crippen LogP contribution in [-0.4, -0.2) is 16.1 Å². The number of carbonyl (C=O) groups is 1. The number of aromatic nitrogens is 2. The Hall–Kier alpha value is -2.07. The van der Waals surface area contributed by atoms with E-state index in [1.165, 1.54) is 18.9 Å². The Morgan fingerprint density at radius 3 is 3.00 bits per heavy atom. The fourth-order valence-corrected chi connectivity index (χ4v) is 2.44. The SMILES string of the molecule is Cc1c(NC(=O)/C=C/c2cccc(Cl)c2)n[nH]c1C1CC1. The maximum atomic E-state index is 11.9. The van der Waals surface area contributed by atoms with E-state index in [0.29, 0.717) is 16.8 Å². The van der Waals surface area contributed by atoms with Crippen LogP contribution in [0.2, 0.25) is 5.02 Å². The highest BCUT2D eigenvalue weighted by Crippen LogP contribution is 2.41. The van der Waals surface area contributed by atoms with Gasteiger partial charge < -0.3 is 5.32 Å². The third-order valence-corrected chi connectivity index (χ3v) is 3.79. The van der Waals surface area contributed by atoms with Crippen LogP contribution in [0.3, 0.4) is 0 Å². The number of rotatable bonds is 4. The molecule has 1 aromatic carbocycles. The molecule has 1 amide bonds. The number of benzene rings is 1. The van der Waals surface area contributed by atoms with E-state index in [0.717, 1.165) is 16.8 Å². The summed E-state index contributed by atoms with van der Waals surface area (Å²) in [5, 5.41) is 10.6. The fourth-order valence-electron chi connectivity index (χ4n) is 2.24. The molecular weight excluding hydrogens is 286 g/mol. The number of halogens is 1. The van der Waals surface area contributed by atoms with Crippen molar-refractivity contribution >= 4 is 29.4 Å². The van der Waals surface area contributed by atoms with Crippen molar-refractivity contribution in [3.63, 3.8) is 0 Å². The molecule has 0 spiro atoms. The summed E-state index contributed by atoms with van der Waals surface area (Å²) in [6.07, 6.45) is 5.61. The van der Waals surface area contributed by atoms with E-state index in [4.69, 9.17) is 11.6 Å². The molecule has 2 aromatic rings. The first kappa shape index (κ1) is 13.9. The predicted molar refractivity (Wildman–Crippen MR) is 84.4 cm³/mol. The zero-order valence-corrected chi connectivity index (χ0v) is 12.4. The highest BCUT2D eigenvalue weighted by atomic mass is 35.5. The van der Waals surface area contributed by atoms with Gasteiger partial charge in [-0.15, -0.1) is 0 Å². The summed E-state index contributed by atoms with van der Waals surface area (Å²) in [7, 11) is 0. The molecule has 21 heavy (non-hydrogen) atoms. The van der Waals surface area contributed by atoms with Crippen LogP contribution >= 0.6 is 11.6 Å². The van der Waals surface area contributed by atoms with Gasteiger partial charge in [-0.3, -0.25) is 9.89 Å². The Labute approximate surface area is 128 Å². The van der Waals surface area contributed by atoms with Crippen LogP contribution in [0.25, 0.3) is 6.08 Å². The van der Waals surface area contributed by atoms with Gasteiger partial charge >= 0.3 is 0 Å². The maximum Gasteiger partial charge on any atom is 0.249 e. The zero-order chi connectivity index (χ0) is 14.8. The summed E-state index contributed by atoms with van der Waals surface area (Å²) in [5.74, 6) is 0.995. The average molecular weight is 302 g/mol. The quantitative estimate of drug-likeness (QED) is 0.841. The van der Waals surface area contributed by atoms with E-state index in [2.05, 4.69) is 15.5 Å². The molecule has 1 aliphatic rings. The van der Waals surface area contributed by atoms with Crippen molar-refractivity contribution < 1.29 is 4.79 Å². The molecule has 0 bridgehead atoms. The lowest BCUT2D eigenvalue weighted by molar-refractivity contribution is -0.111. The number of hydrogen-bond acceptors (Lipinski definition) is 2. The van der Waals surface area contributed by atoms with Crippen LogP contribution in [0.1, 0.15) is 35.6 Å². The van der Waals surface area contributed by atoms with Crippen molar-refractivity contribution in [2.75, 3.05) is 5.32 Å². The topological polar surface area (TPSA) is 57.8 Å². The zero-order valence-electron chi connectivity index (χ0n) is 11.7. The Balaban J connectivity index is 1.66. The van der Waals surface area contributed by atoms with Crippen LogP contribution in [0, 0.1) is 6.92 Å². The van der Waals surface area contributed by atoms with Crippen molar-refractivity contribution in [1.82, 2.24) is 10.2 Å².